The largest absolute Gasteiger partial charge is 0.476 e. The molecule has 0 spiro atoms. The van der Waals surface area contributed by atoms with Crippen molar-refractivity contribution in [2.75, 3.05) is 0 Å². The summed E-state index contributed by atoms with van der Waals surface area (Å²) >= 11 is 5.97. The van der Waals surface area contributed by atoms with E-state index in [9.17, 15) is 14.7 Å². The number of amides is 1. The van der Waals surface area contributed by atoms with Crippen LogP contribution in [-0.4, -0.2) is 22.7 Å². The quantitative estimate of drug-likeness (QED) is 0.657. The van der Waals surface area contributed by atoms with Crippen molar-refractivity contribution < 1.29 is 14.7 Å². The third-order valence-electron chi connectivity index (χ3n) is 2.85. The molecule has 5 nitrogen and oxygen atoms in total. The molecule has 112 valence electrons. The van der Waals surface area contributed by atoms with Crippen molar-refractivity contribution in [3.63, 3.8) is 0 Å². The third kappa shape index (κ3) is 4.17. The van der Waals surface area contributed by atoms with Gasteiger partial charge in [-0.15, -0.1) is 0 Å². The second kappa shape index (κ2) is 7.38. The molecule has 2 aromatic rings. The van der Waals surface area contributed by atoms with Gasteiger partial charge in [0, 0.05) is 10.6 Å². The van der Waals surface area contributed by atoms with Crippen molar-refractivity contribution in [2.24, 2.45) is 5.10 Å². The van der Waals surface area contributed by atoms with E-state index in [2.05, 4.69) is 10.5 Å². The SMILES string of the molecule is O=C(Cc1ccccc1Cl)N/N=C(\C(=O)O)c1ccccc1. The minimum absolute atomic E-state index is 0.0187. The first-order valence-electron chi connectivity index (χ1n) is 6.46. The lowest BCUT2D eigenvalue weighted by Gasteiger charge is -2.05. The summed E-state index contributed by atoms with van der Waals surface area (Å²) < 4.78 is 0. The Kier molecular flexibility index (Phi) is 5.27. The highest BCUT2D eigenvalue weighted by atomic mass is 35.5. The van der Waals surface area contributed by atoms with Crippen molar-refractivity contribution in [1.29, 1.82) is 0 Å². The molecule has 0 saturated heterocycles. The van der Waals surface area contributed by atoms with E-state index in [0.717, 1.165) is 0 Å². The van der Waals surface area contributed by atoms with Crippen LogP contribution in [0.4, 0.5) is 0 Å². The Morgan fingerprint density at radius 2 is 1.68 bits per heavy atom. The molecule has 0 unspecified atom stereocenters. The number of hydrogen-bond donors (Lipinski definition) is 2. The molecule has 0 radical (unpaired) electrons. The molecule has 0 bridgehead atoms. The molecule has 0 aliphatic carbocycles. The van der Waals surface area contributed by atoms with Crippen LogP contribution in [-0.2, 0) is 16.0 Å². The topological polar surface area (TPSA) is 78.8 Å². The zero-order valence-electron chi connectivity index (χ0n) is 11.5. The number of halogens is 1. The van der Waals surface area contributed by atoms with E-state index in [1.807, 2.05) is 0 Å². The first kappa shape index (κ1) is 15.7. The zero-order chi connectivity index (χ0) is 15.9. The van der Waals surface area contributed by atoms with Gasteiger partial charge in [0.2, 0.25) is 5.91 Å². The van der Waals surface area contributed by atoms with Crippen molar-refractivity contribution in [3.8, 4) is 0 Å². The fraction of sp³-hybridized carbons (Fsp3) is 0.0625. The minimum atomic E-state index is -1.22. The summed E-state index contributed by atoms with van der Waals surface area (Å²) in [5.74, 6) is -1.66. The van der Waals surface area contributed by atoms with Gasteiger partial charge in [0.1, 0.15) is 0 Å². The molecule has 2 aromatic carbocycles. The number of hydrogen-bond acceptors (Lipinski definition) is 3. The second-order valence-corrected chi connectivity index (χ2v) is 4.84. The monoisotopic (exact) mass is 316 g/mol. The molecule has 1 amide bonds. The molecule has 2 rings (SSSR count). The summed E-state index contributed by atoms with van der Waals surface area (Å²) in [6.45, 7) is 0. The molecule has 22 heavy (non-hydrogen) atoms. The first-order chi connectivity index (χ1) is 10.6. The van der Waals surface area contributed by atoms with E-state index >= 15 is 0 Å². The fourth-order valence-corrected chi connectivity index (χ4v) is 2.01. The molecule has 0 aliphatic heterocycles. The van der Waals surface area contributed by atoms with Gasteiger partial charge in [-0.05, 0) is 11.6 Å². The van der Waals surface area contributed by atoms with E-state index < -0.39 is 11.9 Å². The first-order valence-corrected chi connectivity index (χ1v) is 6.84. The summed E-state index contributed by atoms with van der Waals surface area (Å²) in [5, 5.41) is 13.3. The number of carboxylic acid groups (broad SMARTS) is 1. The maximum absolute atomic E-state index is 11.9. The normalized spacial score (nSPS) is 11.0. The second-order valence-electron chi connectivity index (χ2n) is 4.43. The molecule has 0 aliphatic rings. The molecule has 0 heterocycles. The Hall–Kier alpha value is -2.66. The Labute approximate surface area is 132 Å². The van der Waals surface area contributed by atoms with Crippen LogP contribution in [0.25, 0.3) is 0 Å². The van der Waals surface area contributed by atoms with Gasteiger partial charge in [-0.2, -0.15) is 5.10 Å². The van der Waals surface area contributed by atoms with Crippen LogP contribution < -0.4 is 5.43 Å². The highest BCUT2D eigenvalue weighted by Crippen LogP contribution is 2.15. The molecular formula is C16H13ClN2O3. The fourth-order valence-electron chi connectivity index (χ4n) is 1.80. The Bertz CT molecular complexity index is 714. The summed E-state index contributed by atoms with van der Waals surface area (Å²) in [7, 11) is 0. The Balaban J connectivity index is 2.10. The summed E-state index contributed by atoms with van der Waals surface area (Å²) in [4.78, 5) is 23.1. The lowest BCUT2D eigenvalue weighted by Crippen LogP contribution is -2.25. The highest BCUT2D eigenvalue weighted by Gasteiger charge is 2.13. The number of carbonyl (C=O) groups is 2. The van der Waals surface area contributed by atoms with Crippen LogP contribution in [0.5, 0.6) is 0 Å². The van der Waals surface area contributed by atoms with E-state index in [4.69, 9.17) is 11.6 Å². The molecule has 0 fully saturated rings. The number of nitrogens with one attached hydrogen (secondary N) is 1. The van der Waals surface area contributed by atoms with Gasteiger partial charge < -0.3 is 5.11 Å². The van der Waals surface area contributed by atoms with Gasteiger partial charge in [-0.25, -0.2) is 10.2 Å². The summed E-state index contributed by atoms with van der Waals surface area (Å²) in [6.07, 6.45) is 0.0187. The summed E-state index contributed by atoms with van der Waals surface area (Å²) in [6, 6.07) is 15.3. The predicted octanol–water partition coefficient (Wildman–Crippen LogP) is 2.49. The number of aliphatic carboxylic acids is 1. The van der Waals surface area contributed by atoms with Crippen LogP contribution in [0, 0.1) is 0 Å². The molecule has 2 N–H and O–H groups in total. The lowest BCUT2D eigenvalue weighted by molar-refractivity contribution is -0.129. The van der Waals surface area contributed by atoms with E-state index in [-0.39, 0.29) is 12.1 Å². The highest BCUT2D eigenvalue weighted by molar-refractivity contribution is 6.42. The van der Waals surface area contributed by atoms with E-state index in [0.29, 0.717) is 16.1 Å². The molecule has 0 saturated carbocycles. The van der Waals surface area contributed by atoms with E-state index in [1.54, 1.807) is 54.6 Å². The number of hydrazone groups is 1. The van der Waals surface area contributed by atoms with Crippen LogP contribution in [0.1, 0.15) is 11.1 Å². The summed E-state index contributed by atoms with van der Waals surface area (Å²) in [5.41, 5.74) is 3.08. The number of carboxylic acids is 1. The van der Waals surface area contributed by atoms with Crippen LogP contribution in [0.2, 0.25) is 5.02 Å². The van der Waals surface area contributed by atoms with Gasteiger partial charge >= 0.3 is 5.97 Å². The van der Waals surface area contributed by atoms with Gasteiger partial charge in [-0.1, -0.05) is 60.1 Å². The number of rotatable bonds is 5. The smallest absolute Gasteiger partial charge is 0.356 e. The van der Waals surface area contributed by atoms with Crippen molar-refractivity contribution in [1.82, 2.24) is 5.43 Å². The van der Waals surface area contributed by atoms with Crippen LogP contribution in [0.15, 0.2) is 59.7 Å². The minimum Gasteiger partial charge on any atom is -0.476 e. The standard InChI is InChI=1S/C16H13ClN2O3/c17-13-9-5-4-8-12(13)10-14(20)18-19-15(16(21)22)11-6-2-1-3-7-11/h1-9H,10H2,(H,18,20)(H,21,22)/b19-15-. The van der Waals surface area contributed by atoms with Crippen molar-refractivity contribution in [3.05, 3.63) is 70.7 Å². The van der Waals surface area contributed by atoms with Crippen molar-refractivity contribution in [2.45, 2.75) is 6.42 Å². The van der Waals surface area contributed by atoms with Gasteiger partial charge in [0.25, 0.3) is 0 Å². The number of nitrogens with zero attached hydrogens (tertiary/aromatic N) is 1. The maximum Gasteiger partial charge on any atom is 0.356 e. The maximum atomic E-state index is 11.9. The van der Waals surface area contributed by atoms with Gasteiger partial charge in [0.15, 0.2) is 5.71 Å². The van der Waals surface area contributed by atoms with Crippen LogP contribution in [0.3, 0.4) is 0 Å². The molecule has 0 atom stereocenters. The van der Waals surface area contributed by atoms with Crippen LogP contribution >= 0.6 is 11.6 Å². The zero-order valence-corrected chi connectivity index (χ0v) is 12.2. The number of carbonyl (C=O) groups excluding carboxylic acids is 1. The average Bonchev–Trinajstić information content (AvgIpc) is 2.50. The Morgan fingerprint density at radius 1 is 1.05 bits per heavy atom. The predicted molar refractivity (Wildman–Crippen MR) is 83.9 cm³/mol. The van der Waals surface area contributed by atoms with Gasteiger partial charge in [-0.3, -0.25) is 4.79 Å². The molecule has 6 heteroatoms. The molecular weight excluding hydrogens is 304 g/mol. The van der Waals surface area contributed by atoms with E-state index in [1.165, 1.54) is 0 Å². The van der Waals surface area contributed by atoms with Gasteiger partial charge in [0.05, 0.1) is 6.42 Å². The lowest BCUT2D eigenvalue weighted by atomic mass is 10.1. The molecule has 0 aromatic heterocycles. The average molecular weight is 317 g/mol. The van der Waals surface area contributed by atoms with Crippen molar-refractivity contribution >= 4 is 29.2 Å². The third-order valence-corrected chi connectivity index (χ3v) is 3.22. The number of benzene rings is 2. The Morgan fingerprint density at radius 3 is 2.32 bits per heavy atom.